The lowest BCUT2D eigenvalue weighted by atomic mass is 10.0. The minimum Gasteiger partial charge on any atom is -0.348 e. The number of carbonyl (C=O) groups is 1. The van der Waals surface area contributed by atoms with Gasteiger partial charge in [0.05, 0.1) is 18.7 Å². The summed E-state index contributed by atoms with van der Waals surface area (Å²) in [6.07, 6.45) is 9.46. The third kappa shape index (κ3) is 4.35. The Morgan fingerprint density at radius 3 is 2.50 bits per heavy atom. The van der Waals surface area contributed by atoms with Gasteiger partial charge in [0.2, 0.25) is 0 Å². The van der Waals surface area contributed by atoms with Crippen LogP contribution >= 0.6 is 0 Å². The van der Waals surface area contributed by atoms with Gasteiger partial charge in [-0.05, 0) is 23.3 Å². The standard InChI is InChI=1S/C22H21N5O/c28-22(19-8-6-18(7-9-19)17-4-2-1-3-5-17)26-21(12-20-13-24-15-25-20)14-27-11-10-23-16-27/h1-11,13,15-16,21H,12,14H2,(H,24,25)(H,26,28). The Hall–Kier alpha value is -3.67. The third-order valence-corrected chi connectivity index (χ3v) is 4.60. The minimum atomic E-state index is -0.0933. The Balaban J connectivity index is 1.47. The lowest BCUT2D eigenvalue weighted by Crippen LogP contribution is -2.39. The van der Waals surface area contributed by atoms with E-state index in [1.54, 1.807) is 25.0 Å². The number of nitrogens with one attached hydrogen (secondary N) is 2. The number of benzene rings is 2. The number of aromatic amines is 1. The molecule has 6 nitrogen and oxygen atoms in total. The zero-order valence-electron chi connectivity index (χ0n) is 15.3. The van der Waals surface area contributed by atoms with Gasteiger partial charge < -0.3 is 14.9 Å². The number of imidazole rings is 2. The van der Waals surface area contributed by atoms with E-state index in [1.165, 1.54) is 0 Å². The van der Waals surface area contributed by atoms with E-state index in [-0.39, 0.29) is 11.9 Å². The Morgan fingerprint density at radius 2 is 1.82 bits per heavy atom. The number of hydrogen-bond donors (Lipinski definition) is 2. The van der Waals surface area contributed by atoms with E-state index in [4.69, 9.17) is 0 Å². The van der Waals surface area contributed by atoms with Gasteiger partial charge in [-0.25, -0.2) is 9.97 Å². The molecule has 4 aromatic rings. The molecule has 4 rings (SSSR count). The maximum Gasteiger partial charge on any atom is 0.251 e. The second kappa shape index (κ2) is 8.35. The van der Waals surface area contributed by atoms with Crippen molar-refractivity contribution in [3.8, 4) is 11.1 Å². The predicted octanol–water partition coefficient (Wildman–Crippen LogP) is 3.31. The monoisotopic (exact) mass is 371 g/mol. The second-order valence-electron chi connectivity index (χ2n) is 6.65. The molecule has 2 heterocycles. The second-order valence-corrected chi connectivity index (χ2v) is 6.65. The van der Waals surface area contributed by atoms with Crippen molar-refractivity contribution >= 4 is 5.91 Å². The molecule has 1 atom stereocenters. The van der Waals surface area contributed by atoms with Crippen LogP contribution in [0.1, 0.15) is 16.1 Å². The summed E-state index contributed by atoms with van der Waals surface area (Å²) >= 11 is 0. The number of hydrogen-bond acceptors (Lipinski definition) is 3. The zero-order valence-corrected chi connectivity index (χ0v) is 15.3. The average molecular weight is 371 g/mol. The van der Waals surface area contributed by atoms with Crippen molar-refractivity contribution < 1.29 is 4.79 Å². The van der Waals surface area contributed by atoms with Crippen LogP contribution in [0.5, 0.6) is 0 Å². The number of amides is 1. The molecule has 140 valence electrons. The molecule has 28 heavy (non-hydrogen) atoms. The summed E-state index contributed by atoms with van der Waals surface area (Å²) in [4.78, 5) is 24.0. The third-order valence-electron chi connectivity index (χ3n) is 4.60. The lowest BCUT2D eigenvalue weighted by molar-refractivity contribution is 0.0932. The molecule has 0 saturated heterocycles. The Kier molecular flexibility index (Phi) is 5.29. The molecule has 0 bridgehead atoms. The first kappa shape index (κ1) is 17.7. The van der Waals surface area contributed by atoms with Crippen LogP contribution in [0.25, 0.3) is 11.1 Å². The summed E-state index contributed by atoms with van der Waals surface area (Å²) in [5.41, 5.74) is 3.83. The highest BCUT2D eigenvalue weighted by atomic mass is 16.1. The molecule has 0 aliphatic rings. The highest BCUT2D eigenvalue weighted by Gasteiger charge is 2.16. The van der Waals surface area contributed by atoms with Crippen molar-refractivity contribution in [3.63, 3.8) is 0 Å². The van der Waals surface area contributed by atoms with Crippen LogP contribution in [-0.2, 0) is 13.0 Å². The summed E-state index contributed by atoms with van der Waals surface area (Å²) in [7, 11) is 0. The number of H-pyrrole nitrogens is 1. The minimum absolute atomic E-state index is 0.0871. The average Bonchev–Trinajstić information content (AvgIpc) is 3.43. The summed E-state index contributed by atoms with van der Waals surface area (Å²) < 4.78 is 1.96. The molecule has 0 aliphatic heterocycles. The molecule has 6 heteroatoms. The SMILES string of the molecule is O=C(NC(Cc1cnc[nH]1)Cn1ccnc1)c1ccc(-c2ccccc2)cc1. The van der Waals surface area contributed by atoms with Crippen LogP contribution in [0.3, 0.4) is 0 Å². The van der Waals surface area contributed by atoms with Gasteiger partial charge in [0.25, 0.3) is 5.91 Å². The van der Waals surface area contributed by atoms with Crippen LogP contribution in [-0.4, -0.2) is 31.5 Å². The van der Waals surface area contributed by atoms with Crippen molar-refractivity contribution in [1.29, 1.82) is 0 Å². The summed E-state index contributed by atoms with van der Waals surface area (Å²) in [5.74, 6) is -0.0933. The predicted molar refractivity (Wildman–Crippen MR) is 108 cm³/mol. The molecular formula is C22H21N5O. The van der Waals surface area contributed by atoms with E-state index in [1.807, 2.05) is 53.2 Å². The lowest BCUT2D eigenvalue weighted by Gasteiger charge is -2.19. The topological polar surface area (TPSA) is 75.6 Å². The van der Waals surface area contributed by atoms with Crippen molar-refractivity contribution in [2.45, 2.75) is 19.0 Å². The highest BCUT2D eigenvalue weighted by Crippen LogP contribution is 2.19. The smallest absolute Gasteiger partial charge is 0.251 e. The van der Waals surface area contributed by atoms with Gasteiger partial charge in [0.1, 0.15) is 0 Å². The van der Waals surface area contributed by atoms with Gasteiger partial charge in [-0.1, -0.05) is 42.5 Å². The largest absolute Gasteiger partial charge is 0.348 e. The first-order valence-electron chi connectivity index (χ1n) is 9.17. The van der Waals surface area contributed by atoms with Crippen LogP contribution in [0.4, 0.5) is 0 Å². The quantitative estimate of drug-likeness (QED) is 0.523. The molecule has 0 radical (unpaired) electrons. The first-order chi connectivity index (χ1) is 13.8. The molecule has 0 spiro atoms. The number of carbonyl (C=O) groups excluding carboxylic acids is 1. The van der Waals surface area contributed by atoms with Crippen molar-refractivity contribution in [1.82, 2.24) is 24.8 Å². The summed E-state index contributed by atoms with van der Waals surface area (Å²) in [6, 6.07) is 17.7. The molecule has 2 aromatic heterocycles. The normalized spacial score (nSPS) is 11.9. The molecule has 1 unspecified atom stereocenters. The zero-order chi connectivity index (χ0) is 19.2. The molecule has 1 amide bonds. The van der Waals surface area contributed by atoms with E-state index in [0.29, 0.717) is 18.5 Å². The van der Waals surface area contributed by atoms with E-state index in [2.05, 4.69) is 32.4 Å². The van der Waals surface area contributed by atoms with Gasteiger partial charge >= 0.3 is 0 Å². The molecule has 0 fully saturated rings. The molecule has 2 N–H and O–H groups in total. The van der Waals surface area contributed by atoms with E-state index >= 15 is 0 Å². The highest BCUT2D eigenvalue weighted by molar-refractivity contribution is 5.94. The summed E-state index contributed by atoms with van der Waals surface area (Å²) in [5, 5.41) is 3.13. The fourth-order valence-electron chi connectivity index (χ4n) is 3.19. The van der Waals surface area contributed by atoms with E-state index in [0.717, 1.165) is 16.8 Å². The maximum absolute atomic E-state index is 12.8. The van der Waals surface area contributed by atoms with E-state index in [9.17, 15) is 4.79 Å². The molecular weight excluding hydrogens is 350 g/mol. The Bertz CT molecular complexity index is 957. The van der Waals surface area contributed by atoms with Crippen LogP contribution in [0.2, 0.25) is 0 Å². The Labute approximate surface area is 163 Å². The number of rotatable bonds is 7. The molecule has 0 aliphatic carbocycles. The number of nitrogens with zero attached hydrogens (tertiary/aromatic N) is 3. The fraction of sp³-hybridized carbons (Fsp3) is 0.136. The van der Waals surface area contributed by atoms with Crippen LogP contribution in [0, 0.1) is 0 Å². The van der Waals surface area contributed by atoms with Gasteiger partial charge in [0.15, 0.2) is 0 Å². The maximum atomic E-state index is 12.8. The van der Waals surface area contributed by atoms with Gasteiger partial charge in [-0.2, -0.15) is 0 Å². The summed E-state index contributed by atoms with van der Waals surface area (Å²) in [6.45, 7) is 0.632. The van der Waals surface area contributed by atoms with Crippen LogP contribution < -0.4 is 5.32 Å². The molecule has 0 saturated carbocycles. The van der Waals surface area contributed by atoms with Crippen molar-refractivity contribution in [2.24, 2.45) is 0 Å². The van der Waals surface area contributed by atoms with Crippen molar-refractivity contribution in [3.05, 3.63) is 97.1 Å². The van der Waals surface area contributed by atoms with Crippen molar-refractivity contribution in [2.75, 3.05) is 0 Å². The van der Waals surface area contributed by atoms with Crippen LogP contribution in [0.15, 0.2) is 85.8 Å². The van der Waals surface area contributed by atoms with Gasteiger partial charge in [0, 0.05) is 42.8 Å². The first-order valence-corrected chi connectivity index (χ1v) is 9.17. The fourth-order valence-corrected chi connectivity index (χ4v) is 3.19. The molecule has 2 aromatic carbocycles. The number of aromatic nitrogens is 4. The van der Waals surface area contributed by atoms with Gasteiger partial charge in [-0.15, -0.1) is 0 Å². The van der Waals surface area contributed by atoms with Gasteiger partial charge in [-0.3, -0.25) is 4.79 Å². The van der Waals surface area contributed by atoms with E-state index < -0.39 is 0 Å². The Morgan fingerprint density at radius 1 is 1.04 bits per heavy atom.